The van der Waals surface area contributed by atoms with Crippen molar-refractivity contribution in [2.24, 2.45) is 0 Å². The molecule has 0 saturated carbocycles. The molecule has 7 aromatic carbocycles. The summed E-state index contributed by atoms with van der Waals surface area (Å²) < 4.78 is 13.8. The van der Waals surface area contributed by atoms with Crippen molar-refractivity contribution in [2.75, 3.05) is 9.80 Å². The molecule has 0 atom stereocenters. The lowest BCUT2D eigenvalue weighted by atomic mass is 9.87. The fraction of sp³-hybridized carbons (Fsp3) is 0.160. The van der Waals surface area contributed by atoms with Gasteiger partial charge in [-0.3, -0.25) is 0 Å². The third kappa shape index (κ3) is 5.79. The highest BCUT2D eigenvalue weighted by atomic mass is 16.3. The van der Waals surface area contributed by atoms with Gasteiger partial charge in [-0.15, -0.1) is 0 Å². The fourth-order valence-electron chi connectivity index (χ4n) is 7.68. The van der Waals surface area contributed by atoms with Crippen LogP contribution in [0.4, 0.5) is 34.1 Å². The minimum atomic E-state index is 0.0418. The van der Waals surface area contributed by atoms with Gasteiger partial charge in [-0.1, -0.05) is 120 Å². The van der Waals surface area contributed by atoms with Crippen LogP contribution in [0.5, 0.6) is 0 Å². The van der Waals surface area contributed by atoms with Gasteiger partial charge in [0.1, 0.15) is 16.7 Å². The Hall–Kier alpha value is -6.26. The predicted octanol–water partition coefficient (Wildman–Crippen LogP) is 15.0. The van der Waals surface area contributed by atoms with Crippen molar-refractivity contribution in [1.82, 2.24) is 0 Å². The molecule has 2 aromatic heterocycles. The van der Waals surface area contributed by atoms with Crippen LogP contribution >= 0.6 is 0 Å². The standard InChI is InChI=1S/C50H44N2O2/c1-49(2,3)33-21-25-37(26-22-33)51(35-15-9-7-10-16-35)39-29-30-41-44(31-39)53-45-32-42(48-47(46(41)45)40-19-13-14-20-43(40)54-48)52(36-17-11-8-12-18-36)38-27-23-34(24-28-38)50(4,5)6/h7-32H,1-6H3. The Morgan fingerprint density at radius 1 is 0.370 bits per heavy atom. The van der Waals surface area contributed by atoms with Gasteiger partial charge in [0.15, 0.2) is 5.58 Å². The Labute approximate surface area is 316 Å². The van der Waals surface area contributed by atoms with E-state index in [0.29, 0.717) is 0 Å². The summed E-state index contributed by atoms with van der Waals surface area (Å²) in [4.78, 5) is 4.58. The first-order valence-electron chi connectivity index (χ1n) is 18.8. The molecule has 4 heteroatoms. The molecule has 0 unspecified atom stereocenters. The van der Waals surface area contributed by atoms with Crippen LogP contribution in [0.2, 0.25) is 0 Å². The van der Waals surface area contributed by atoms with Crippen LogP contribution in [0.1, 0.15) is 52.7 Å². The van der Waals surface area contributed by atoms with Gasteiger partial charge in [-0.25, -0.2) is 0 Å². The van der Waals surface area contributed by atoms with Crippen LogP contribution in [0.3, 0.4) is 0 Å². The van der Waals surface area contributed by atoms with Gasteiger partial charge in [0.25, 0.3) is 0 Å². The maximum Gasteiger partial charge on any atom is 0.160 e. The SMILES string of the molecule is CC(C)(C)c1ccc(N(c2ccccc2)c2ccc3c(c2)oc2cc(N(c4ccccc4)c4ccc(C(C)(C)C)cc4)c4oc5ccccc5c4c23)cc1. The smallest absolute Gasteiger partial charge is 0.160 e. The van der Waals surface area contributed by atoms with Crippen LogP contribution in [0.15, 0.2) is 167 Å². The van der Waals surface area contributed by atoms with E-state index < -0.39 is 0 Å². The molecule has 0 aliphatic heterocycles. The second-order valence-electron chi connectivity index (χ2n) is 16.3. The predicted molar refractivity (Wildman–Crippen MR) is 228 cm³/mol. The second kappa shape index (κ2) is 12.7. The van der Waals surface area contributed by atoms with E-state index in [1.165, 1.54) is 11.1 Å². The normalized spacial score (nSPS) is 12.3. The van der Waals surface area contributed by atoms with Gasteiger partial charge < -0.3 is 18.6 Å². The Morgan fingerprint density at radius 2 is 0.852 bits per heavy atom. The van der Waals surface area contributed by atoms with Gasteiger partial charge in [0.2, 0.25) is 0 Å². The van der Waals surface area contributed by atoms with E-state index in [1.54, 1.807) is 0 Å². The molecule has 0 radical (unpaired) electrons. The monoisotopic (exact) mass is 704 g/mol. The number of anilines is 6. The molecule has 54 heavy (non-hydrogen) atoms. The van der Waals surface area contributed by atoms with Crippen LogP contribution in [-0.2, 0) is 10.8 Å². The minimum absolute atomic E-state index is 0.0418. The van der Waals surface area contributed by atoms with Crippen molar-refractivity contribution in [3.05, 3.63) is 169 Å². The molecule has 0 fully saturated rings. The largest absolute Gasteiger partial charge is 0.456 e. The summed E-state index contributed by atoms with van der Waals surface area (Å²) in [5.41, 5.74) is 12.2. The number of fused-ring (bicyclic) bond motifs is 7. The van der Waals surface area contributed by atoms with E-state index in [9.17, 15) is 0 Å². The molecular weight excluding hydrogens is 661 g/mol. The number of para-hydroxylation sites is 3. The molecule has 4 nitrogen and oxygen atoms in total. The summed E-state index contributed by atoms with van der Waals surface area (Å²) in [6.45, 7) is 13.5. The van der Waals surface area contributed by atoms with E-state index in [4.69, 9.17) is 8.83 Å². The van der Waals surface area contributed by atoms with Crippen molar-refractivity contribution in [2.45, 2.75) is 52.4 Å². The maximum atomic E-state index is 6.94. The Kier molecular flexibility index (Phi) is 7.90. The molecule has 9 rings (SSSR count). The zero-order valence-corrected chi connectivity index (χ0v) is 31.7. The highest BCUT2D eigenvalue weighted by molar-refractivity contribution is 6.28. The molecule has 0 aliphatic rings. The van der Waals surface area contributed by atoms with Gasteiger partial charge in [-0.2, -0.15) is 0 Å². The van der Waals surface area contributed by atoms with E-state index in [2.05, 4.69) is 203 Å². The third-order valence-electron chi connectivity index (χ3n) is 10.6. The van der Waals surface area contributed by atoms with Crippen LogP contribution < -0.4 is 9.80 Å². The molecule has 0 saturated heterocycles. The first-order chi connectivity index (χ1) is 26.0. The summed E-state index contributed by atoms with van der Waals surface area (Å²) in [7, 11) is 0. The van der Waals surface area contributed by atoms with Gasteiger partial charge in [0.05, 0.1) is 5.69 Å². The topological polar surface area (TPSA) is 32.8 Å². The molecule has 9 aromatic rings. The highest BCUT2D eigenvalue weighted by Crippen LogP contribution is 2.49. The van der Waals surface area contributed by atoms with Crippen molar-refractivity contribution in [3.8, 4) is 0 Å². The number of furan rings is 2. The second-order valence-corrected chi connectivity index (χ2v) is 16.3. The summed E-state index contributed by atoms with van der Waals surface area (Å²) in [6, 6.07) is 55.9. The van der Waals surface area contributed by atoms with Gasteiger partial charge >= 0.3 is 0 Å². The quantitative estimate of drug-likeness (QED) is 0.172. The zero-order valence-electron chi connectivity index (χ0n) is 31.7. The molecule has 266 valence electrons. The van der Waals surface area contributed by atoms with Crippen LogP contribution in [0, 0.1) is 0 Å². The molecule has 2 heterocycles. The lowest BCUT2D eigenvalue weighted by Crippen LogP contribution is -2.13. The average Bonchev–Trinajstić information content (AvgIpc) is 3.74. The summed E-state index contributed by atoms with van der Waals surface area (Å²) >= 11 is 0. The molecule has 0 bridgehead atoms. The summed E-state index contributed by atoms with van der Waals surface area (Å²) in [6.07, 6.45) is 0. The van der Waals surface area contributed by atoms with Crippen molar-refractivity contribution in [3.63, 3.8) is 0 Å². The number of nitrogens with zero attached hydrogens (tertiary/aromatic N) is 2. The van der Waals surface area contributed by atoms with E-state index >= 15 is 0 Å². The minimum Gasteiger partial charge on any atom is -0.456 e. The summed E-state index contributed by atoms with van der Waals surface area (Å²) in [5.74, 6) is 0. The maximum absolute atomic E-state index is 6.94. The van der Waals surface area contributed by atoms with E-state index in [0.717, 1.165) is 78.0 Å². The number of benzene rings is 7. The number of hydrogen-bond donors (Lipinski definition) is 0. The average molecular weight is 705 g/mol. The van der Waals surface area contributed by atoms with Crippen molar-refractivity contribution in [1.29, 1.82) is 0 Å². The lowest BCUT2D eigenvalue weighted by Gasteiger charge is -2.27. The number of rotatable bonds is 6. The lowest BCUT2D eigenvalue weighted by molar-refractivity contribution is 0.590. The van der Waals surface area contributed by atoms with Crippen LogP contribution in [0.25, 0.3) is 43.9 Å². The van der Waals surface area contributed by atoms with Crippen LogP contribution in [-0.4, -0.2) is 0 Å². The van der Waals surface area contributed by atoms with Crippen molar-refractivity contribution >= 4 is 78.0 Å². The molecule has 0 N–H and O–H groups in total. The Bertz CT molecular complexity index is 2760. The highest BCUT2D eigenvalue weighted by Gasteiger charge is 2.26. The molecule has 0 amide bonds. The van der Waals surface area contributed by atoms with E-state index in [1.807, 2.05) is 6.07 Å². The van der Waals surface area contributed by atoms with Crippen molar-refractivity contribution < 1.29 is 8.83 Å². The summed E-state index contributed by atoms with van der Waals surface area (Å²) in [5, 5.41) is 4.22. The van der Waals surface area contributed by atoms with Gasteiger partial charge in [-0.05, 0) is 88.7 Å². The van der Waals surface area contributed by atoms with E-state index in [-0.39, 0.29) is 10.8 Å². The Morgan fingerprint density at radius 3 is 1.44 bits per heavy atom. The molecule has 0 spiro atoms. The first-order valence-corrected chi connectivity index (χ1v) is 18.8. The Balaban J connectivity index is 1.28. The fourth-order valence-corrected chi connectivity index (χ4v) is 7.68. The first kappa shape index (κ1) is 33.6. The third-order valence-corrected chi connectivity index (χ3v) is 10.6. The van der Waals surface area contributed by atoms with Gasteiger partial charge in [0, 0.05) is 62.1 Å². The molecular formula is C50H44N2O2. The zero-order chi connectivity index (χ0) is 37.2. The number of hydrogen-bond acceptors (Lipinski definition) is 4. The molecule has 0 aliphatic carbocycles.